The van der Waals surface area contributed by atoms with Crippen LogP contribution in [0.1, 0.15) is 39.2 Å². The van der Waals surface area contributed by atoms with E-state index in [9.17, 15) is 5.11 Å². The van der Waals surface area contributed by atoms with E-state index in [0.717, 1.165) is 50.5 Å². The Labute approximate surface area is 146 Å². The molecule has 0 radical (unpaired) electrons. The molecule has 0 spiro atoms. The Hall–Kier alpha value is -1.24. The van der Waals surface area contributed by atoms with Gasteiger partial charge < -0.3 is 20.2 Å². The number of hydrogen-bond acceptors (Lipinski definition) is 6. The highest BCUT2D eigenvalue weighted by Gasteiger charge is 2.20. The van der Waals surface area contributed by atoms with Crippen molar-refractivity contribution in [2.75, 3.05) is 44.7 Å². The molecule has 136 valence electrons. The number of rotatable bonds is 8. The van der Waals surface area contributed by atoms with Crippen LogP contribution in [0.3, 0.4) is 0 Å². The highest BCUT2D eigenvalue weighted by atomic mass is 16.3. The van der Waals surface area contributed by atoms with Crippen molar-refractivity contribution in [3.8, 4) is 0 Å². The van der Waals surface area contributed by atoms with Crippen molar-refractivity contribution in [3.63, 3.8) is 0 Å². The quantitative estimate of drug-likeness (QED) is 0.751. The van der Waals surface area contributed by atoms with Gasteiger partial charge in [-0.2, -0.15) is 0 Å². The molecule has 2 N–H and O–H groups in total. The molecule has 1 aromatic rings. The molecule has 1 aromatic heterocycles. The molecular formula is C18H33N5O. The van der Waals surface area contributed by atoms with E-state index in [-0.39, 0.29) is 0 Å². The van der Waals surface area contributed by atoms with Gasteiger partial charge >= 0.3 is 0 Å². The van der Waals surface area contributed by atoms with Gasteiger partial charge in [0.25, 0.3) is 0 Å². The second-order valence-corrected chi connectivity index (χ2v) is 7.71. The predicted octanol–water partition coefficient (Wildman–Crippen LogP) is 1.51. The summed E-state index contributed by atoms with van der Waals surface area (Å²) in [5.41, 5.74) is 0.387. The molecule has 0 saturated carbocycles. The summed E-state index contributed by atoms with van der Waals surface area (Å²) >= 11 is 0. The van der Waals surface area contributed by atoms with Gasteiger partial charge in [-0.05, 0) is 32.7 Å². The highest BCUT2D eigenvalue weighted by molar-refractivity contribution is 5.30. The SMILES string of the molecule is CC(C)CCC(C)(O)CNCc1cnc(N2CCN(C)CC2)nc1. The van der Waals surface area contributed by atoms with Crippen molar-refractivity contribution < 1.29 is 5.11 Å². The lowest BCUT2D eigenvalue weighted by atomic mass is 9.95. The van der Waals surface area contributed by atoms with Crippen molar-refractivity contribution in [2.45, 2.75) is 45.8 Å². The maximum atomic E-state index is 10.4. The number of hydrogen-bond donors (Lipinski definition) is 2. The second kappa shape index (κ2) is 8.74. The van der Waals surface area contributed by atoms with Crippen LogP contribution in [0.15, 0.2) is 12.4 Å². The zero-order valence-corrected chi connectivity index (χ0v) is 15.6. The number of nitrogens with one attached hydrogen (secondary N) is 1. The van der Waals surface area contributed by atoms with Crippen molar-refractivity contribution in [1.82, 2.24) is 20.2 Å². The monoisotopic (exact) mass is 335 g/mol. The lowest BCUT2D eigenvalue weighted by Crippen LogP contribution is -2.45. The molecule has 1 saturated heterocycles. The average molecular weight is 335 g/mol. The van der Waals surface area contributed by atoms with Gasteiger partial charge in [-0.15, -0.1) is 0 Å². The number of aliphatic hydroxyl groups is 1. The summed E-state index contributed by atoms with van der Waals surface area (Å²) in [6.45, 7) is 11.6. The first kappa shape index (κ1) is 19.1. The Kier molecular flexibility index (Phi) is 6.95. The minimum atomic E-state index is -0.662. The van der Waals surface area contributed by atoms with Gasteiger partial charge in [0.2, 0.25) is 5.95 Å². The number of aromatic nitrogens is 2. The summed E-state index contributed by atoms with van der Waals surface area (Å²) in [4.78, 5) is 13.5. The fraction of sp³-hybridized carbons (Fsp3) is 0.778. The van der Waals surface area contributed by atoms with Crippen LogP contribution < -0.4 is 10.2 Å². The molecule has 6 heteroatoms. The predicted molar refractivity (Wildman–Crippen MR) is 98.1 cm³/mol. The van der Waals surface area contributed by atoms with Gasteiger partial charge in [0.05, 0.1) is 5.60 Å². The summed E-state index contributed by atoms with van der Waals surface area (Å²) < 4.78 is 0. The van der Waals surface area contributed by atoms with E-state index >= 15 is 0 Å². The van der Waals surface area contributed by atoms with Gasteiger partial charge in [-0.3, -0.25) is 0 Å². The molecule has 0 bridgehead atoms. The van der Waals surface area contributed by atoms with Gasteiger partial charge in [0.15, 0.2) is 0 Å². The first-order valence-corrected chi connectivity index (χ1v) is 9.03. The third-order valence-corrected chi connectivity index (χ3v) is 4.57. The van der Waals surface area contributed by atoms with E-state index in [0.29, 0.717) is 19.0 Å². The minimum absolute atomic E-state index is 0.583. The van der Waals surface area contributed by atoms with E-state index in [1.165, 1.54) is 0 Å². The molecule has 1 aliphatic rings. The molecule has 2 heterocycles. The van der Waals surface area contributed by atoms with Crippen LogP contribution in [0.5, 0.6) is 0 Å². The van der Waals surface area contributed by atoms with E-state index < -0.39 is 5.60 Å². The zero-order valence-electron chi connectivity index (χ0n) is 15.6. The van der Waals surface area contributed by atoms with Crippen LogP contribution >= 0.6 is 0 Å². The highest BCUT2D eigenvalue weighted by Crippen LogP contribution is 2.16. The van der Waals surface area contributed by atoms with Crippen LogP contribution in [0.4, 0.5) is 5.95 Å². The Balaban J connectivity index is 1.75. The van der Waals surface area contributed by atoms with Crippen molar-refractivity contribution in [2.24, 2.45) is 5.92 Å². The summed E-state index contributed by atoms with van der Waals surface area (Å²) in [5.74, 6) is 1.43. The van der Waals surface area contributed by atoms with Crippen LogP contribution in [-0.2, 0) is 6.54 Å². The fourth-order valence-corrected chi connectivity index (χ4v) is 2.77. The molecule has 0 aliphatic carbocycles. The van der Waals surface area contributed by atoms with Crippen LogP contribution in [-0.4, -0.2) is 65.3 Å². The molecule has 0 aromatic carbocycles. The van der Waals surface area contributed by atoms with E-state index in [1.807, 2.05) is 19.3 Å². The van der Waals surface area contributed by atoms with Gasteiger partial charge in [0.1, 0.15) is 0 Å². The number of anilines is 1. The Morgan fingerprint density at radius 3 is 2.42 bits per heavy atom. The Morgan fingerprint density at radius 1 is 1.21 bits per heavy atom. The maximum absolute atomic E-state index is 10.4. The fourth-order valence-electron chi connectivity index (χ4n) is 2.77. The lowest BCUT2D eigenvalue weighted by molar-refractivity contribution is 0.0451. The first-order valence-electron chi connectivity index (χ1n) is 9.03. The number of likely N-dealkylation sites (N-methyl/N-ethyl adjacent to an activating group) is 1. The third kappa shape index (κ3) is 6.34. The largest absolute Gasteiger partial charge is 0.389 e. The Bertz CT molecular complexity index is 481. The van der Waals surface area contributed by atoms with Crippen molar-refractivity contribution in [3.05, 3.63) is 18.0 Å². The summed E-state index contributed by atoms with van der Waals surface area (Å²) in [7, 11) is 2.14. The normalized spacial score (nSPS) is 18.8. The Morgan fingerprint density at radius 2 is 1.83 bits per heavy atom. The minimum Gasteiger partial charge on any atom is -0.389 e. The lowest BCUT2D eigenvalue weighted by Gasteiger charge is -2.32. The molecule has 1 atom stereocenters. The standard InChI is InChI=1S/C18H33N5O/c1-15(2)5-6-18(3,24)14-19-11-16-12-20-17(21-13-16)23-9-7-22(4)8-10-23/h12-13,15,19,24H,5-11,14H2,1-4H3. The molecule has 6 nitrogen and oxygen atoms in total. The zero-order chi connectivity index (χ0) is 17.6. The summed E-state index contributed by atoms with van der Waals surface area (Å²) in [5, 5.41) is 13.7. The maximum Gasteiger partial charge on any atom is 0.225 e. The molecule has 1 fully saturated rings. The van der Waals surface area contributed by atoms with Gasteiger partial charge in [-0.1, -0.05) is 13.8 Å². The summed E-state index contributed by atoms with van der Waals surface area (Å²) in [6, 6.07) is 0. The number of nitrogens with zero attached hydrogens (tertiary/aromatic N) is 4. The first-order chi connectivity index (χ1) is 11.4. The molecular weight excluding hydrogens is 302 g/mol. The summed E-state index contributed by atoms with van der Waals surface area (Å²) in [6.07, 6.45) is 5.63. The van der Waals surface area contributed by atoms with E-state index in [1.54, 1.807) is 0 Å². The molecule has 1 aliphatic heterocycles. The van der Waals surface area contributed by atoms with Crippen molar-refractivity contribution >= 4 is 5.95 Å². The van der Waals surface area contributed by atoms with Gasteiger partial charge in [0, 0.05) is 57.2 Å². The van der Waals surface area contributed by atoms with Gasteiger partial charge in [-0.25, -0.2) is 9.97 Å². The molecule has 24 heavy (non-hydrogen) atoms. The van der Waals surface area contributed by atoms with Crippen LogP contribution in [0.25, 0.3) is 0 Å². The second-order valence-electron chi connectivity index (χ2n) is 7.71. The molecule has 2 rings (SSSR count). The van der Waals surface area contributed by atoms with Crippen LogP contribution in [0.2, 0.25) is 0 Å². The van der Waals surface area contributed by atoms with Crippen molar-refractivity contribution in [1.29, 1.82) is 0 Å². The van der Waals surface area contributed by atoms with E-state index in [4.69, 9.17) is 0 Å². The number of piperazine rings is 1. The van der Waals surface area contributed by atoms with E-state index in [2.05, 4.69) is 46.0 Å². The molecule has 0 amide bonds. The molecule has 1 unspecified atom stereocenters. The third-order valence-electron chi connectivity index (χ3n) is 4.57. The smallest absolute Gasteiger partial charge is 0.225 e. The average Bonchev–Trinajstić information content (AvgIpc) is 2.54. The van der Waals surface area contributed by atoms with Crippen LogP contribution in [0, 0.1) is 5.92 Å². The topological polar surface area (TPSA) is 64.5 Å².